The van der Waals surface area contributed by atoms with Crippen LogP contribution in [0.25, 0.3) is 0 Å². The molecule has 0 unspecified atom stereocenters. The first-order valence-corrected chi connectivity index (χ1v) is 7.86. The van der Waals surface area contributed by atoms with E-state index in [4.69, 9.17) is 17.3 Å². The molecule has 3 N–H and O–H groups in total. The van der Waals surface area contributed by atoms with Crippen molar-refractivity contribution in [1.29, 1.82) is 0 Å². The van der Waals surface area contributed by atoms with Crippen LogP contribution in [-0.4, -0.2) is 34.6 Å². The first kappa shape index (κ1) is 16.9. The Morgan fingerprint density at radius 2 is 2.10 bits per heavy atom. The summed E-state index contributed by atoms with van der Waals surface area (Å²) >= 11 is 5.88. The van der Waals surface area contributed by atoms with Crippen LogP contribution < -0.4 is 10.5 Å². The van der Waals surface area contributed by atoms with Gasteiger partial charge in [-0.25, -0.2) is 17.9 Å². The molecule has 0 aliphatic carbocycles. The van der Waals surface area contributed by atoms with E-state index in [0.29, 0.717) is 19.5 Å². The Kier molecular flexibility index (Phi) is 6.41. The summed E-state index contributed by atoms with van der Waals surface area (Å²) in [6, 6.07) is 3.85. The topological polar surface area (TPSA) is 98.5 Å². The van der Waals surface area contributed by atoms with E-state index in [9.17, 15) is 13.2 Å². The molecule has 0 aliphatic rings. The lowest BCUT2D eigenvalue weighted by molar-refractivity contribution is 0.0601. The summed E-state index contributed by atoms with van der Waals surface area (Å²) in [4.78, 5) is 11.4. The van der Waals surface area contributed by atoms with E-state index in [1.165, 1.54) is 25.3 Å². The van der Waals surface area contributed by atoms with E-state index in [0.717, 1.165) is 6.42 Å². The third-order valence-electron chi connectivity index (χ3n) is 2.58. The van der Waals surface area contributed by atoms with Gasteiger partial charge in [0.15, 0.2) is 0 Å². The molecule has 0 spiro atoms. The third kappa shape index (κ3) is 4.45. The highest BCUT2D eigenvalue weighted by Crippen LogP contribution is 2.21. The first-order chi connectivity index (χ1) is 9.42. The number of ether oxygens (including phenoxy) is 1. The summed E-state index contributed by atoms with van der Waals surface area (Å²) in [5.41, 5.74) is 5.45. The summed E-state index contributed by atoms with van der Waals surface area (Å²) in [6.07, 6.45) is 1.40. The van der Waals surface area contributed by atoms with Gasteiger partial charge in [0.25, 0.3) is 0 Å². The highest BCUT2D eigenvalue weighted by atomic mass is 35.5. The molecule has 0 radical (unpaired) electrons. The number of nitrogens with one attached hydrogen (secondary N) is 1. The molecule has 0 bridgehead atoms. The fraction of sp³-hybridized carbons (Fsp3) is 0.417. The number of unbranched alkanes of at least 4 members (excludes halogenated alkanes) is 1. The van der Waals surface area contributed by atoms with E-state index >= 15 is 0 Å². The van der Waals surface area contributed by atoms with Crippen molar-refractivity contribution in [3.05, 3.63) is 28.8 Å². The molecule has 0 amide bonds. The molecule has 0 fully saturated rings. The van der Waals surface area contributed by atoms with Crippen LogP contribution in [0.2, 0.25) is 5.02 Å². The van der Waals surface area contributed by atoms with Gasteiger partial charge in [-0.3, -0.25) is 0 Å². The number of methoxy groups -OCH3 is 1. The van der Waals surface area contributed by atoms with Gasteiger partial charge in [0.05, 0.1) is 22.6 Å². The van der Waals surface area contributed by atoms with Gasteiger partial charge in [-0.2, -0.15) is 0 Å². The van der Waals surface area contributed by atoms with Crippen LogP contribution in [0.3, 0.4) is 0 Å². The number of hydrogen-bond donors (Lipinski definition) is 2. The number of halogens is 1. The van der Waals surface area contributed by atoms with E-state index in [2.05, 4.69) is 9.46 Å². The standard InChI is InChI=1S/C12H17ClN2O4S/c1-19-12(16)10-5-4-9(8-11(10)13)20(17,18)15-7-3-2-6-14/h4-5,8,15H,2-3,6-7,14H2,1H3. The summed E-state index contributed by atoms with van der Waals surface area (Å²) in [7, 11) is -2.42. The summed E-state index contributed by atoms with van der Waals surface area (Å²) in [6.45, 7) is 0.817. The zero-order valence-corrected chi connectivity index (χ0v) is 12.6. The van der Waals surface area contributed by atoms with Crippen LogP contribution >= 0.6 is 11.6 Å². The predicted octanol–water partition coefficient (Wildman–Crippen LogP) is 1.14. The van der Waals surface area contributed by atoms with Crippen molar-refractivity contribution in [2.24, 2.45) is 5.73 Å². The molecule has 0 saturated carbocycles. The molecule has 20 heavy (non-hydrogen) atoms. The van der Waals surface area contributed by atoms with Gasteiger partial charge >= 0.3 is 5.97 Å². The van der Waals surface area contributed by atoms with Gasteiger partial charge in [0, 0.05) is 6.54 Å². The fourth-order valence-electron chi connectivity index (χ4n) is 1.50. The molecule has 112 valence electrons. The van der Waals surface area contributed by atoms with Crippen LogP contribution in [0, 0.1) is 0 Å². The second kappa shape index (κ2) is 7.58. The number of sulfonamides is 1. The van der Waals surface area contributed by atoms with Crippen molar-refractivity contribution in [2.45, 2.75) is 17.7 Å². The quantitative estimate of drug-likeness (QED) is 0.580. The zero-order valence-electron chi connectivity index (χ0n) is 11.1. The fourth-order valence-corrected chi connectivity index (χ4v) is 2.92. The summed E-state index contributed by atoms with van der Waals surface area (Å²) in [5, 5.41) is 0.0293. The normalized spacial score (nSPS) is 11.3. The molecule has 8 heteroatoms. The molecule has 1 rings (SSSR count). The second-order valence-electron chi connectivity index (χ2n) is 4.03. The Hall–Kier alpha value is -1.15. The molecule has 1 aromatic carbocycles. The number of nitrogens with two attached hydrogens (primary N) is 1. The van der Waals surface area contributed by atoms with E-state index in [1.807, 2.05) is 0 Å². The zero-order chi connectivity index (χ0) is 15.2. The summed E-state index contributed by atoms with van der Waals surface area (Å²) in [5.74, 6) is -0.616. The van der Waals surface area contributed by atoms with Crippen molar-refractivity contribution in [2.75, 3.05) is 20.2 Å². The number of carbonyl (C=O) groups is 1. The molecule has 0 aromatic heterocycles. The average molecular weight is 321 g/mol. The van der Waals surface area contributed by atoms with Gasteiger partial charge in [-0.1, -0.05) is 11.6 Å². The minimum absolute atomic E-state index is 0.00269. The molecule has 1 aromatic rings. The number of rotatable bonds is 7. The SMILES string of the molecule is COC(=O)c1ccc(S(=O)(=O)NCCCCN)cc1Cl. The van der Waals surface area contributed by atoms with Gasteiger partial charge in [0.2, 0.25) is 10.0 Å². The highest BCUT2D eigenvalue weighted by molar-refractivity contribution is 7.89. The van der Waals surface area contributed by atoms with Gasteiger partial charge < -0.3 is 10.5 Å². The Bertz CT molecular complexity index is 575. The second-order valence-corrected chi connectivity index (χ2v) is 6.20. The predicted molar refractivity (Wildman–Crippen MR) is 76.3 cm³/mol. The number of hydrogen-bond acceptors (Lipinski definition) is 5. The van der Waals surface area contributed by atoms with Crippen LogP contribution in [0.15, 0.2) is 23.1 Å². The molecule has 0 aliphatic heterocycles. The molecule has 0 heterocycles. The van der Waals surface area contributed by atoms with Crippen molar-refractivity contribution in [3.63, 3.8) is 0 Å². The van der Waals surface area contributed by atoms with E-state index in [1.54, 1.807) is 0 Å². The smallest absolute Gasteiger partial charge is 0.339 e. The van der Waals surface area contributed by atoms with Crippen LogP contribution in [-0.2, 0) is 14.8 Å². The molecule has 6 nitrogen and oxygen atoms in total. The number of carbonyl (C=O) groups excluding carboxylic acids is 1. The first-order valence-electron chi connectivity index (χ1n) is 6.00. The molecule has 0 atom stereocenters. The average Bonchev–Trinajstić information content (AvgIpc) is 2.42. The van der Waals surface area contributed by atoms with Crippen molar-refractivity contribution in [1.82, 2.24) is 4.72 Å². The lowest BCUT2D eigenvalue weighted by Crippen LogP contribution is -2.25. The maximum absolute atomic E-state index is 12.0. The van der Waals surface area contributed by atoms with E-state index < -0.39 is 16.0 Å². The van der Waals surface area contributed by atoms with Crippen molar-refractivity contribution < 1.29 is 17.9 Å². The van der Waals surface area contributed by atoms with Crippen LogP contribution in [0.4, 0.5) is 0 Å². The molecular weight excluding hydrogens is 304 g/mol. The van der Waals surface area contributed by atoms with E-state index in [-0.39, 0.29) is 15.5 Å². The third-order valence-corrected chi connectivity index (χ3v) is 4.35. The Balaban J connectivity index is 2.86. The molecular formula is C12H17ClN2O4S. The van der Waals surface area contributed by atoms with Gasteiger partial charge in [-0.15, -0.1) is 0 Å². The minimum atomic E-state index is -3.64. The van der Waals surface area contributed by atoms with Crippen LogP contribution in [0.1, 0.15) is 23.2 Å². The Morgan fingerprint density at radius 1 is 1.40 bits per heavy atom. The monoisotopic (exact) mass is 320 g/mol. The summed E-state index contributed by atoms with van der Waals surface area (Å²) < 4.78 is 30.9. The lowest BCUT2D eigenvalue weighted by Gasteiger charge is -2.08. The molecule has 0 saturated heterocycles. The Labute approximate surface area is 123 Å². The van der Waals surface area contributed by atoms with Gasteiger partial charge in [0.1, 0.15) is 0 Å². The maximum Gasteiger partial charge on any atom is 0.339 e. The van der Waals surface area contributed by atoms with Crippen molar-refractivity contribution >= 4 is 27.6 Å². The largest absolute Gasteiger partial charge is 0.465 e. The highest BCUT2D eigenvalue weighted by Gasteiger charge is 2.17. The minimum Gasteiger partial charge on any atom is -0.465 e. The lowest BCUT2D eigenvalue weighted by atomic mass is 10.2. The number of esters is 1. The number of benzene rings is 1. The maximum atomic E-state index is 12.0. The Morgan fingerprint density at radius 3 is 2.65 bits per heavy atom. The van der Waals surface area contributed by atoms with Crippen molar-refractivity contribution in [3.8, 4) is 0 Å². The van der Waals surface area contributed by atoms with Crippen LogP contribution in [0.5, 0.6) is 0 Å². The van der Waals surface area contributed by atoms with Gasteiger partial charge in [-0.05, 0) is 37.6 Å².